The molecule has 0 aliphatic heterocycles. The maximum atomic E-state index is 12.1. The minimum absolute atomic E-state index is 0.0556. The molecular weight excluding hydrogens is 282 g/mol. The molecule has 0 radical (unpaired) electrons. The van der Waals surface area contributed by atoms with Crippen molar-refractivity contribution in [3.63, 3.8) is 0 Å². The molecule has 1 aromatic rings. The van der Waals surface area contributed by atoms with E-state index < -0.39 is 18.1 Å². The summed E-state index contributed by atoms with van der Waals surface area (Å²) < 4.78 is 0. The average molecular weight is 305 g/mol. The highest BCUT2D eigenvalue weighted by molar-refractivity contribution is 5.83. The Morgan fingerprint density at radius 3 is 2.50 bits per heavy atom. The number of hydrogen-bond acceptors (Lipinski definition) is 3. The molecule has 0 saturated heterocycles. The molecule has 3 N–H and O–H groups in total. The van der Waals surface area contributed by atoms with Gasteiger partial charge in [0.1, 0.15) is 6.04 Å². The smallest absolute Gasteiger partial charge is 0.326 e. The van der Waals surface area contributed by atoms with Crippen molar-refractivity contribution >= 4 is 11.9 Å². The molecule has 1 saturated carbocycles. The predicted molar refractivity (Wildman–Crippen MR) is 82.3 cm³/mol. The van der Waals surface area contributed by atoms with Crippen molar-refractivity contribution in [2.75, 3.05) is 0 Å². The number of carbonyl (C=O) groups excluding carboxylic acids is 1. The van der Waals surface area contributed by atoms with Gasteiger partial charge in [-0.1, -0.05) is 43.2 Å². The maximum absolute atomic E-state index is 12.1. The molecule has 0 unspecified atom stereocenters. The van der Waals surface area contributed by atoms with Crippen LogP contribution in [0.5, 0.6) is 0 Å². The fraction of sp³-hybridized carbons (Fsp3) is 0.529. The van der Waals surface area contributed by atoms with E-state index in [1.54, 1.807) is 0 Å². The van der Waals surface area contributed by atoms with Crippen molar-refractivity contribution in [1.82, 2.24) is 5.32 Å². The molecule has 1 fully saturated rings. The van der Waals surface area contributed by atoms with E-state index in [-0.39, 0.29) is 24.7 Å². The molecule has 22 heavy (non-hydrogen) atoms. The van der Waals surface area contributed by atoms with Gasteiger partial charge in [0.15, 0.2) is 0 Å². The zero-order valence-electron chi connectivity index (χ0n) is 12.6. The quantitative estimate of drug-likeness (QED) is 0.747. The van der Waals surface area contributed by atoms with Gasteiger partial charge in [-0.2, -0.15) is 0 Å². The van der Waals surface area contributed by atoms with Crippen molar-refractivity contribution in [2.45, 2.75) is 50.7 Å². The molecule has 0 spiro atoms. The second-order valence-electron chi connectivity index (χ2n) is 5.96. The second-order valence-corrected chi connectivity index (χ2v) is 5.96. The topological polar surface area (TPSA) is 86.6 Å². The molecule has 0 heterocycles. The standard InChI is InChI=1S/C17H23NO4/c19-15-9-5-4-8-13(15)11-16(20)18-14(17(21)22)10-12-6-2-1-3-7-12/h1-3,6-7,13-15,19H,4-5,8-11H2,(H,18,20)(H,21,22)/t13-,14+,15+/m0/s1. The van der Waals surface area contributed by atoms with Gasteiger partial charge in [0.25, 0.3) is 0 Å². The van der Waals surface area contributed by atoms with Crippen LogP contribution >= 0.6 is 0 Å². The molecule has 1 aliphatic rings. The van der Waals surface area contributed by atoms with Crippen LogP contribution in [0.3, 0.4) is 0 Å². The van der Waals surface area contributed by atoms with Gasteiger partial charge in [-0.25, -0.2) is 4.79 Å². The third-order valence-corrected chi connectivity index (χ3v) is 4.23. The van der Waals surface area contributed by atoms with Crippen LogP contribution < -0.4 is 5.32 Å². The zero-order chi connectivity index (χ0) is 15.9. The Morgan fingerprint density at radius 1 is 1.18 bits per heavy atom. The molecule has 1 amide bonds. The highest BCUT2D eigenvalue weighted by atomic mass is 16.4. The Morgan fingerprint density at radius 2 is 1.86 bits per heavy atom. The van der Waals surface area contributed by atoms with E-state index in [0.29, 0.717) is 0 Å². The fourth-order valence-corrected chi connectivity index (χ4v) is 2.97. The summed E-state index contributed by atoms with van der Waals surface area (Å²) in [6, 6.07) is 8.29. The van der Waals surface area contributed by atoms with Gasteiger partial charge in [-0.15, -0.1) is 0 Å². The Kier molecular flexibility index (Phi) is 5.95. The van der Waals surface area contributed by atoms with Crippen molar-refractivity contribution in [1.29, 1.82) is 0 Å². The number of carboxylic acids is 1. The van der Waals surface area contributed by atoms with Gasteiger partial charge in [0.2, 0.25) is 5.91 Å². The number of aliphatic hydroxyl groups excluding tert-OH is 1. The molecule has 3 atom stereocenters. The molecule has 5 heteroatoms. The number of benzene rings is 1. The molecule has 2 rings (SSSR count). The Bertz CT molecular complexity index is 503. The van der Waals surface area contributed by atoms with Crippen LogP contribution in [0.2, 0.25) is 0 Å². The lowest BCUT2D eigenvalue weighted by Gasteiger charge is -2.27. The number of rotatable bonds is 6. The van der Waals surface area contributed by atoms with E-state index in [1.807, 2.05) is 30.3 Å². The summed E-state index contributed by atoms with van der Waals surface area (Å²) in [5, 5.41) is 21.8. The summed E-state index contributed by atoms with van der Waals surface area (Å²) >= 11 is 0. The van der Waals surface area contributed by atoms with Crippen LogP contribution in [-0.2, 0) is 16.0 Å². The first-order valence-electron chi connectivity index (χ1n) is 7.80. The van der Waals surface area contributed by atoms with Crippen LogP contribution in [-0.4, -0.2) is 34.2 Å². The van der Waals surface area contributed by atoms with E-state index in [9.17, 15) is 19.8 Å². The second kappa shape index (κ2) is 7.94. The molecular formula is C17H23NO4. The third kappa shape index (κ3) is 4.84. The van der Waals surface area contributed by atoms with E-state index in [1.165, 1.54) is 0 Å². The molecule has 1 aromatic carbocycles. The maximum Gasteiger partial charge on any atom is 0.326 e. The predicted octanol–water partition coefficient (Wildman–Crippen LogP) is 1.74. The van der Waals surface area contributed by atoms with E-state index in [4.69, 9.17) is 0 Å². The minimum atomic E-state index is -1.04. The molecule has 0 aromatic heterocycles. The zero-order valence-corrected chi connectivity index (χ0v) is 12.6. The van der Waals surface area contributed by atoms with Crippen LogP contribution in [0.25, 0.3) is 0 Å². The summed E-state index contributed by atoms with van der Waals surface area (Å²) in [5.74, 6) is -1.39. The van der Waals surface area contributed by atoms with Gasteiger partial charge in [-0.05, 0) is 24.3 Å². The normalized spacial score (nSPS) is 22.8. The number of amides is 1. The highest BCUT2D eigenvalue weighted by Crippen LogP contribution is 2.26. The first-order chi connectivity index (χ1) is 10.6. The highest BCUT2D eigenvalue weighted by Gasteiger charge is 2.27. The molecule has 5 nitrogen and oxygen atoms in total. The van der Waals surface area contributed by atoms with Gasteiger partial charge in [0, 0.05) is 12.8 Å². The van der Waals surface area contributed by atoms with Gasteiger partial charge in [-0.3, -0.25) is 4.79 Å². The van der Waals surface area contributed by atoms with Crippen LogP contribution in [0.4, 0.5) is 0 Å². The van der Waals surface area contributed by atoms with E-state index in [0.717, 1.165) is 31.2 Å². The Balaban J connectivity index is 1.90. The van der Waals surface area contributed by atoms with Gasteiger partial charge in [0.05, 0.1) is 6.10 Å². The summed E-state index contributed by atoms with van der Waals surface area (Å²) in [6.45, 7) is 0. The Hall–Kier alpha value is -1.88. The molecule has 120 valence electrons. The number of hydrogen-bond donors (Lipinski definition) is 3. The summed E-state index contributed by atoms with van der Waals surface area (Å²) in [4.78, 5) is 23.4. The number of aliphatic hydroxyl groups is 1. The lowest BCUT2D eigenvalue weighted by Crippen LogP contribution is -2.43. The first-order valence-corrected chi connectivity index (χ1v) is 7.80. The molecule has 1 aliphatic carbocycles. The fourth-order valence-electron chi connectivity index (χ4n) is 2.97. The van der Waals surface area contributed by atoms with Crippen molar-refractivity contribution in [2.24, 2.45) is 5.92 Å². The average Bonchev–Trinajstić information content (AvgIpc) is 2.50. The number of aliphatic carboxylic acids is 1. The third-order valence-electron chi connectivity index (χ3n) is 4.23. The summed E-state index contributed by atoms with van der Waals surface area (Å²) in [6.07, 6.45) is 3.56. The van der Waals surface area contributed by atoms with Crippen LogP contribution in [0.15, 0.2) is 30.3 Å². The number of nitrogens with one attached hydrogen (secondary N) is 1. The summed E-state index contributed by atoms with van der Waals surface area (Å²) in [7, 11) is 0. The van der Waals surface area contributed by atoms with E-state index in [2.05, 4.69) is 5.32 Å². The van der Waals surface area contributed by atoms with Gasteiger partial charge >= 0.3 is 5.97 Å². The summed E-state index contributed by atoms with van der Waals surface area (Å²) in [5.41, 5.74) is 0.868. The Labute approximate surface area is 130 Å². The monoisotopic (exact) mass is 305 g/mol. The van der Waals surface area contributed by atoms with Gasteiger partial charge < -0.3 is 15.5 Å². The lowest BCUT2D eigenvalue weighted by molar-refractivity contribution is -0.142. The number of carbonyl (C=O) groups is 2. The number of carboxylic acid groups (broad SMARTS) is 1. The van der Waals surface area contributed by atoms with E-state index >= 15 is 0 Å². The molecule has 0 bridgehead atoms. The SMILES string of the molecule is O=C(C[C@@H]1CCCC[C@H]1O)N[C@H](Cc1ccccc1)C(=O)O. The minimum Gasteiger partial charge on any atom is -0.480 e. The van der Waals surface area contributed by atoms with Crippen LogP contribution in [0, 0.1) is 5.92 Å². The van der Waals surface area contributed by atoms with Crippen molar-refractivity contribution in [3.05, 3.63) is 35.9 Å². The lowest BCUT2D eigenvalue weighted by atomic mass is 9.84. The van der Waals surface area contributed by atoms with Crippen molar-refractivity contribution in [3.8, 4) is 0 Å². The van der Waals surface area contributed by atoms with Crippen LogP contribution in [0.1, 0.15) is 37.7 Å². The largest absolute Gasteiger partial charge is 0.480 e. The first kappa shape index (κ1) is 16.5. The van der Waals surface area contributed by atoms with Crippen molar-refractivity contribution < 1.29 is 19.8 Å².